The topological polar surface area (TPSA) is 513 Å². The highest BCUT2D eigenvalue weighted by atomic mass is 16.8. The zero-order valence-electron chi connectivity index (χ0n) is 40.7. The molecule has 0 radical (unpaired) electrons. The van der Waals surface area contributed by atoms with Gasteiger partial charge < -0.3 is 150 Å². The molecule has 6 rings (SSSR count). The Morgan fingerprint density at radius 1 is 0.373 bits per heavy atom. The van der Waals surface area contributed by atoms with Crippen molar-refractivity contribution in [2.45, 2.75) is 212 Å². The molecule has 33 nitrogen and oxygen atoms in total. The van der Waals surface area contributed by atoms with E-state index in [1.54, 1.807) is 0 Å². The SMILES string of the molecule is CC(=O)N[C@@H]1[C@@H](O[C@@H]2O[C@H](CO[C@@H]3O[C@H](CO)[C@@H](O)[C@H](O)[C@H]3NC(C)=O)[C@H](O)[C@H](O[C@@H]3O[C@H](CO)[C@@H](O[C@@H]4O[C@H](CO)[C@H](O)[C@H](O)[C@H]4O)[C@H](O[C@@H]4O[C@@H](C)[C@@H](O)[C@@H](O)[C@@H]4O)[C@H]3NC(C)=O)[C@H]2O)[C@@H](O)[C@@H](CO)O[C@@H]1O. The fraction of sp³-hybridized carbons (Fsp3) is 0.929. The van der Waals surface area contributed by atoms with E-state index in [9.17, 15) is 96.1 Å². The third-order valence-electron chi connectivity index (χ3n) is 13.6. The molecule has 6 aliphatic rings. The van der Waals surface area contributed by atoms with Gasteiger partial charge in [0.15, 0.2) is 37.7 Å². The minimum absolute atomic E-state index is 0.740. The number of carbonyl (C=O) groups excluding carboxylic acids is 3. The lowest BCUT2D eigenvalue weighted by atomic mass is 9.93. The molecule has 434 valence electrons. The van der Waals surface area contributed by atoms with Gasteiger partial charge in [0.2, 0.25) is 17.7 Å². The molecule has 0 unspecified atom stereocenters. The maximum Gasteiger partial charge on any atom is 0.217 e. The van der Waals surface area contributed by atoms with E-state index in [4.69, 9.17) is 52.1 Å². The molecule has 6 saturated heterocycles. The van der Waals surface area contributed by atoms with Crippen LogP contribution in [0.1, 0.15) is 27.7 Å². The van der Waals surface area contributed by atoms with Gasteiger partial charge in [-0.3, -0.25) is 14.4 Å². The zero-order chi connectivity index (χ0) is 55.5. The Morgan fingerprint density at radius 3 is 1.36 bits per heavy atom. The summed E-state index contributed by atoms with van der Waals surface area (Å²) in [6, 6.07) is -5.08. The van der Waals surface area contributed by atoms with Crippen LogP contribution in [0.25, 0.3) is 0 Å². The van der Waals surface area contributed by atoms with Crippen LogP contribution >= 0.6 is 0 Å². The summed E-state index contributed by atoms with van der Waals surface area (Å²) in [6.07, 6.45) is -51.0. The second-order valence-corrected chi connectivity index (χ2v) is 19.0. The standard InChI is InChI=1S/C42H71N3O30/c1-10-22(53)28(59)30(61)40(66-10)74-35-21(45-13(4)52)39(70-17(8-49)33(35)72-41-31(62)29(60)24(55)15(6-47)69-41)75-36-26(57)18(9-65-38-19(43-11(2)50)27(58)23(54)14(5-46)68-38)71-42(32(36)63)73-34-20(44-12(3)51)37(64)67-16(7-48)25(34)56/h10,14-42,46-49,53-64H,5-9H2,1-4H3,(H,43,50)(H,44,51)(H,45,52)/t10-,14+,15+,16+,17+,18+,19+,20+,21+,22+,23+,24-,25-,26-,27+,28+,29-,30-,31+,32+,33+,34+,35+,36-,37-,38+,39-,40-,41-,42-/m0/s1. The third kappa shape index (κ3) is 13.7. The smallest absolute Gasteiger partial charge is 0.217 e. The fourth-order valence-corrected chi connectivity index (χ4v) is 9.56. The van der Waals surface area contributed by atoms with Crippen LogP contribution in [-0.2, 0) is 66.5 Å². The Balaban J connectivity index is 1.40. The number of rotatable bonds is 18. The zero-order valence-corrected chi connectivity index (χ0v) is 40.7. The van der Waals surface area contributed by atoms with Crippen molar-refractivity contribution >= 4 is 17.7 Å². The van der Waals surface area contributed by atoms with Crippen molar-refractivity contribution in [1.29, 1.82) is 0 Å². The van der Waals surface area contributed by atoms with Crippen LogP contribution in [0, 0.1) is 0 Å². The molecule has 33 heteroatoms. The minimum Gasteiger partial charge on any atom is -0.394 e. The van der Waals surface area contributed by atoms with E-state index in [1.807, 2.05) is 0 Å². The summed E-state index contributed by atoms with van der Waals surface area (Å²) in [5.41, 5.74) is 0. The molecule has 75 heavy (non-hydrogen) atoms. The first-order valence-electron chi connectivity index (χ1n) is 23.9. The number of hydrogen-bond donors (Lipinski definition) is 19. The quantitative estimate of drug-likeness (QED) is 0.0606. The Morgan fingerprint density at radius 2 is 0.787 bits per heavy atom. The van der Waals surface area contributed by atoms with Gasteiger partial charge in [0, 0.05) is 20.8 Å². The maximum absolute atomic E-state index is 13.1. The van der Waals surface area contributed by atoms with Crippen molar-refractivity contribution in [2.75, 3.05) is 33.0 Å². The summed E-state index contributed by atoms with van der Waals surface area (Å²) >= 11 is 0. The van der Waals surface area contributed by atoms with E-state index in [-0.39, 0.29) is 0 Å². The Labute approximate surface area is 426 Å². The summed E-state index contributed by atoms with van der Waals surface area (Å²) in [6.45, 7) is -0.338. The second-order valence-electron chi connectivity index (χ2n) is 19.0. The first-order chi connectivity index (χ1) is 35.4. The van der Waals surface area contributed by atoms with Gasteiger partial charge in [0.25, 0.3) is 0 Å². The number of amides is 3. The van der Waals surface area contributed by atoms with Gasteiger partial charge in [-0.05, 0) is 6.92 Å². The molecule has 0 aromatic rings. The van der Waals surface area contributed by atoms with Crippen molar-refractivity contribution in [3.05, 3.63) is 0 Å². The first-order valence-corrected chi connectivity index (χ1v) is 23.9. The second kappa shape index (κ2) is 26.5. The predicted octanol–water partition coefficient (Wildman–Crippen LogP) is -12.6. The lowest BCUT2D eigenvalue weighted by Crippen LogP contribution is -2.71. The van der Waals surface area contributed by atoms with E-state index in [2.05, 4.69) is 16.0 Å². The molecular formula is C42H71N3O30. The maximum atomic E-state index is 13.1. The van der Waals surface area contributed by atoms with Gasteiger partial charge in [0.05, 0.1) is 39.1 Å². The Bertz CT molecular complexity index is 1850. The summed E-state index contributed by atoms with van der Waals surface area (Å²) in [7, 11) is 0. The number of hydrogen-bond acceptors (Lipinski definition) is 30. The molecule has 0 bridgehead atoms. The predicted molar refractivity (Wildman–Crippen MR) is 233 cm³/mol. The average molecular weight is 1100 g/mol. The Kier molecular flexibility index (Phi) is 21.8. The monoisotopic (exact) mass is 1100 g/mol. The van der Waals surface area contributed by atoms with E-state index >= 15 is 0 Å². The van der Waals surface area contributed by atoms with Gasteiger partial charge in [0.1, 0.15) is 140 Å². The lowest BCUT2D eigenvalue weighted by molar-refractivity contribution is -0.390. The summed E-state index contributed by atoms with van der Waals surface area (Å²) < 4.78 is 64.6. The number of aliphatic hydroxyl groups excluding tert-OH is 16. The molecule has 6 aliphatic heterocycles. The highest BCUT2D eigenvalue weighted by molar-refractivity contribution is 5.74. The molecule has 30 atom stereocenters. The van der Waals surface area contributed by atoms with Crippen LogP contribution in [-0.4, -0.2) is 317 Å². The summed E-state index contributed by atoms with van der Waals surface area (Å²) in [4.78, 5) is 37.6. The van der Waals surface area contributed by atoms with Crippen molar-refractivity contribution in [2.24, 2.45) is 0 Å². The molecule has 0 aromatic carbocycles. The van der Waals surface area contributed by atoms with Crippen molar-refractivity contribution in [3.63, 3.8) is 0 Å². The van der Waals surface area contributed by atoms with Crippen LogP contribution in [0.4, 0.5) is 0 Å². The Hall–Kier alpha value is -2.67. The van der Waals surface area contributed by atoms with Crippen LogP contribution < -0.4 is 16.0 Å². The van der Waals surface area contributed by atoms with Crippen LogP contribution in [0.15, 0.2) is 0 Å². The summed E-state index contributed by atoms with van der Waals surface area (Å²) in [5, 5.41) is 180. The average Bonchev–Trinajstić information content (AvgIpc) is 3.36. The lowest BCUT2D eigenvalue weighted by Gasteiger charge is -2.52. The molecule has 0 spiro atoms. The first kappa shape index (κ1) is 61.5. The van der Waals surface area contributed by atoms with Crippen molar-refractivity contribution in [3.8, 4) is 0 Å². The van der Waals surface area contributed by atoms with Crippen molar-refractivity contribution in [1.82, 2.24) is 16.0 Å². The number of ether oxygens (including phenoxy) is 11. The van der Waals surface area contributed by atoms with Crippen LogP contribution in [0.2, 0.25) is 0 Å². The van der Waals surface area contributed by atoms with Crippen molar-refractivity contribution < 1.29 is 148 Å². The van der Waals surface area contributed by atoms with Gasteiger partial charge in [-0.2, -0.15) is 0 Å². The van der Waals surface area contributed by atoms with E-state index in [1.165, 1.54) is 6.92 Å². The molecule has 0 saturated carbocycles. The highest BCUT2D eigenvalue weighted by Crippen LogP contribution is 2.37. The van der Waals surface area contributed by atoms with Gasteiger partial charge >= 0.3 is 0 Å². The van der Waals surface area contributed by atoms with Gasteiger partial charge in [-0.15, -0.1) is 0 Å². The van der Waals surface area contributed by atoms with Gasteiger partial charge in [-0.1, -0.05) is 0 Å². The highest BCUT2D eigenvalue weighted by Gasteiger charge is 2.58. The number of aliphatic hydroxyl groups is 16. The minimum atomic E-state index is -2.31. The molecule has 0 aromatic heterocycles. The van der Waals surface area contributed by atoms with Gasteiger partial charge in [-0.25, -0.2) is 0 Å². The van der Waals surface area contributed by atoms with Crippen LogP contribution in [0.5, 0.6) is 0 Å². The van der Waals surface area contributed by atoms with E-state index < -0.39 is 235 Å². The largest absolute Gasteiger partial charge is 0.394 e. The number of carbonyl (C=O) groups is 3. The normalized spacial score (nSPS) is 48.6. The molecular weight excluding hydrogens is 1030 g/mol. The van der Waals surface area contributed by atoms with E-state index in [0.717, 1.165) is 20.8 Å². The molecule has 3 amide bonds. The van der Waals surface area contributed by atoms with E-state index in [0.29, 0.717) is 0 Å². The molecule has 6 fully saturated rings. The molecule has 6 heterocycles. The van der Waals surface area contributed by atoms with Crippen LogP contribution in [0.3, 0.4) is 0 Å². The summed E-state index contributed by atoms with van der Waals surface area (Å²) in [5.74, 6) is -2.43. The molecule has 19 N–H and O–H groups in total. The molecule has 0 aliphatic carbocycles. The third-order valence-corrected chi connectivity index (χ3v) is 13.6. The fourth-order valence-electron chi connectivity index (χ4n) is 9.56. The number of nitrogens with one attached hydrogen (secondary N) is 3.